The molecule has 1 aromatic rings. The predicted octanol–water partition coefficient (Wildman–Crippen LogP) is -1.54. The number of H-pyrrole nitrogens is 1. The standard InChI is InChI=1S/C6H10BF3N3OS.K/c1-2-3-13-5(14)11-12-6(13)15-4-7(8,9)10;/h2-4H2,1H3,(H,11,14);/q-1;+1. The third-order valence-electron chi connectivity index (χ3n) is 1.57. The minimum atomic E-state index is -4.85. The predicted molar refractivity (Wildman–Crippen MR) is 52.9 cm³/mol. The normalized spacial score (nSPS) is 11.2. The van der Waals surface area contributed by atoms with Gasteiger partial charge < -0.3 is 12.9 Å². The second-order valence-corrected chi connectivity index (χ2v) is 3.97. The average Bonchev–Trinajstić information content (AvgIpc) is 2.45. The Morgan fingerprint density at radius 2 is 2.12 bits per heavy atom. The molecule has 0 aliphatic rings. The van der Waals surface area contributed by atoms with Gasteiger partial charge in [-0.1, -0.05) is 6.92 Å². The van der Waals surface area contributed by atoms with Gasteiger partial charge in [0.15, 0.2) is 5.16 Å². The van der Waals surface area contributed by atoms with Crippen molar-refractivity contribution in [1.82, 2.24) is 14.8 Å². The molecule has 1 N–H and O–H groups in total. The number of aromatic nitrogens is 3. The van der Waals surface area contributed by atoms with E-state index in [1.807, 2.05) is 6.92 Å². The van der Waals surface area contributed by atoms with Gasteiger partial charge in [0.25, 0.3) is 0 Å². The molecule has 0 aliphatic heterocycles. The maximum atomic E-state index is 12.0. The van der Waals surface area contributed by atoms with E-state index < -0.39 is 18.3 Å². The van der Waals surface area contributed by atoms with Crippen LogP contribution in [0.4, 0.5) is 12.9 Å². The van der Waals surface area contributed by atoms with Crippen LogP contribution in [0.2, 0.25) is 0 Å². The molecule has 0 atom stereocenters. The van der Waals surface area contributed by atoms with Crippen molar-refractivity contribution in [1.29, 1.82) is 0 Å². The van der Waals surface area contributed by atoms with Gasteiger partial charge >= 0.3 is 64.1 Å². The molecule has 0 saturated heterocycles. The van der Waals surface area contributed by atoms with Crippen molar-refractivity contribution in [3.63, 3.8) is 0 Å². The van der Waals surface area contributed by atoms with Crippen molar-refractivity contribution in [3.05, 3.63) is 10.5 Å². The van der Waals surface area contributed by atoms with E-state index in [0.717, 1.165) is 0 Å². The van der Waals surface area contributed by atoms with E-state index in [1.54, 1.807) is 0 Å². The fourth-order valence-electron chi connectivity index (χ4n) is 1.00. The fraction of sp³-hybridized carbons (Fsp3) is 0.667. The van der Waals surface area contributed by atoms with Gasteiger partial charge in [-0.15, -0.1) is 16.9 Å². The SMILES string of the molecule is CCCn1c(SC[B-](F)(F)F)n[nH]c1=O.[K+]. The van der Waals surface area contributed by atoms with Crippen LogP contribution < -0.4 is 57.1 Å². The van der Waals surface area contributed by atoms with E-state index in [9.17, 15) is 17.7 Å². The second kappa shape index (κ2) is 7.27. The number of hydrogen-bond acceptors (Lipinski definition) is 3. The van der Waals surface area contributed by atoms with Gasteiger partial charge in [-0.2, -0.15) is 0 Å². The molecule has 0 saturated carbocycles. The summed E-state index contributed by atoms with van der Waals surface area (Å²) < 4.78 is 37.2. The molecular formula is C6H10BF3KN3OS. The Hall–Kier alpha value is 0.781. The molecule has 86 valence electrons. The summed E-state index contributed by atoms with van der Waals surface area (Å²) in [6.45, 7) is -2.64. The van der Waals surface area contributed by atoms with Crippen LogP contribution in [0.25, 0.3) is 0 Å². The summed E-state index contributed by atoms with van der Waals surface area (Å²) in [7, 11) is 0. The molecule has 0 spiro atoms. The van der Waals surface area contributed by atoms with E-state index in [4.69, 9.17) is 0 Å². The largest absolute Gasteiger partial charge is 1.00 e. The number of hydrogen-bond donors (Lipinski definition) is 1. The van der Waals surface area contributed by atoms with Crippen molar-refractivity contribution in [2.24, 2.45) is 0 Å². The van der Waals surface area contributed by atoms with Crippen LogP contribution in [0.3, 0.4) is 0 Å². The molecule has 4 nitrogen and oxygen atoms in total. The molecule has 16 heavy (non-hydrogen) atoms. The molecular weight excluding hydrogens is 269 g/mol. The van der Waals surface area contributed by atoms with Gasteiger partial charge in [0.05, 0.1) is 0 Å². The Kier molecular flexibility index (Phi) is 7.62. The third kappa shape index (κ3) is 5.41. The Labute approximate surface area is 137 Å². The first-order chi connectivity index (χ1) is 6.94. The number of nitrogens with zero attached hydrogens (tertiary/aromatic N) is 2. The van der Waals surface area contributed by atoms with Crippen molar-refractivity contribution < 1.29 is 64.3 Å². The molecule has 0 unspecified atom stereocenters. The molecule has 0 amide bonds. The molecule has 0 bridgehead atoms. The number of nitrogens with one attached hydrogen (secondary N) is 1. The van der Waals surface area contributed by atoms with Crippen molar-refractivity contribution in [2.45, 2.75) is 25.0 Å². The molecule has 10 heteroatoms. The number of rotatable bonds is 5. The van der Waals surface area contributed by atoms with E-state index in [-0.39, 0.29) is 56.5 Å². The monoisotopic (exact) mass is 279 g/mol. The number of halogens is 3. The van der Waals surface area contributed by atoms with Crippen LogP contribution in [0.5, 0.6) is 0 Å². The van der Waals surface area contributed by atoms with E-state index in [2.05, 4.69) is 10.2 Å². The minimum Gasteiger partial charge on any atom is -0.448 e. The molecule has 0 aromatic carbocycles. The van der Waals surface area contributed by atoms with Gasteiger partial charge in [-0.3, -0.25) is 4.57 Å². The maximum absolute atomic E-state index is 12.0. The summed E-state index contributed by atoms with van der Waals surface area (Å²) in [5.74, 6) is 0. The Bertz CT molecular complexity index is 380. The van der Waals surface area contributed by atoms with Gasteiger partial charge in [-0.05, 0) is 12.1 Å². The first-order valence-electron chi connectivity index (χ1n) is 4.43. The summed E-state index contributed by atoms with van der Waals surface area (Å²) >= 11 is 0.538. The number of aromatic amines is 1. The van der Waals surface area contributed by atoms with Gasteiger partial charge in [0.1, 0.15) is 0 Å². The fourth-order valence-corrected chi connectivity index (χ4v) is 1.78. The zero-order valence-electron chi connectivity index (χ0n) is 9.04. The molecule has 1 heterocycles. The zero-order valence-corrected chi connectivity index (χ0v) is 13.0. The molecule has 1 rings (SSSR count). The van der Waals surface area contributed by atoms with E-state index in [1.165, 1.54) is 4.57 Å². The maximum Gasteiger partial charge on any atom is 1.00 e. The first kappa shape index (κ1) is 16.8. The van der Waals surface area contributed by atoms with Crippen molar-refractivity contribution >= 4 is 18.7 Å². The van der Waals surface area contributed by atoms with Gasteiger partial charge in [0, 0.05) is 6.54 Å². The molecule has 0 fully saturated rings. The number of thioether (sulfide) groups is 1. The molecule has 0 radical (unpaired) electrons. The van der Waals surface area contributed by atoms with Crippen molar-refractivity contribution in [2.75, 3.05) is 5.65 Å². The Balaban J connectivity index is 0.00000225. The molecule has 1 aromatic heterocycles. The van der Waals surface area contributed by atoms with E-state index in [0.29, 0.717) is 24.7 Å². The average molecular weight is 279 g/mol. The minimum absolute atomic E-state index is 0. The van der Waals surface area contributed by atoms with Gasteiger partial charge in [0.2, 0.25) is 0 Å². The second-order valence-electron chi connectivity index (χ2n) is 2.98. The summed E-state index contributed by atoms with van der Waals surface area (Å²) in [5, 5.41) is 5.77. The van der Waals surface area contributed by atoms with Crippen LogP contribution >= 0.6 is 11.8 Å². The van der Waals surface area contributed by atoms with E-state index >= 15 is 0 Å². The molecule has 0 aliphatic carbocycles. The summed E-state index contributed by atoms with van der Waals surface area (Å²) in [6, 6.07) is 0. The van der Waals surface area contributed by atoms with Crippen LogP contribution in [-0.2, 0) is 6.54 Å². The van der Waals surface area contributed by atoms with Crippen LogP contribution in [-0.4, -0.2) is 27.4 Å². The third-order valence-corrected chi connectivity index (χ3v) is 2.69. The summed E-state index contributed by atoms with van der Waals surface area (Å²) in [6.07, 6.45) is 0.671. The Morgan fingerprint density at radius 3 is 2.62 bits per heavy atom. The van der Waals surface area contributed by atoms with Gasteiger partial charge in [-0.25, -0.2) is 9.89 Å². The van der Waals surface area contributed by atoms with Crippen LogP contribution in [0.1, 0.15) is 13.3 Å². The summed E-state index contributed by atoms with van der Waals surface area (Å²) in [4.78, 5) is 11.1. The Morgan fingerprint density at radius 1 is 1.50 bits per heavy atom. The van der Waals surface area contributed by atoms with Crippen LogP contribution in [0.15, 0.2) is 9.95 Å². The smallest absolute Gasteiger partial charge is 0.448 e. The zero-order chi connectivity index (χ0) is 11.5. The summed E-state index contributed by atoms with van der Waals surface area (Å²) in [5.41, 5.74) is -1.44. The topological polar surface area (TPSA) is 50.7 Å². The van der Waals surface area contributed by atoms with Crippen LogP contribution in [0, 0.1) is 0 Å². The van der Waals surface area contributed by atoms with Crippen molar-refractivity contribution in [3.8, 4) is 0 Å². The quantitative estimate of drug-likeness (QED) is 0.525. The first-order valence-corrected chi connectivity index (χ1v) is 5.41.